The number of methoxy groups -OCH3 is 1. The number of hydrogen-bond donors (Lipinski definition) is 0. The van der Waals surface area contributed by atoms with Gasteiger partial charge in [-0.3, -0.25) is 0 Å². The first-order valence-corrected chi connectivity index (χ1v) is 10.5. The van der Waals surface area contributed by atoms with Gasteiger partial charge in [0.2, 0.25) is 0 Å². The van der Waals surface area contributed by atoms with Gasteiger partial charge in [0.05, 0.1) is 12.5 Å². The van der Waals surface area contributed by atoms with E-state index in [2.05, 4.69) is 79.4 Å². The Hall–Kier alpha value is -3.78. The first-order valence-electron chi connectivity index (χ1n) is 10.5. The van der Waals surface area contributed by atoms with Crippen molar-refractivity contribution in [2.45, 2.75) is 5.41 Å². The molecular formula is C29H24O2. The third kappa shape index (κ3) is 2.95. The number of hydrogen-bond acceptors (Lipinski definition) is 2. The molecule has 0 radical (unpaired) electrons. The van der Waals surface area contributed by atoms with E-state index in [4.69, 9.17) is 9.47 Å². The molecular weight excluding hydrogens is 380 g/mol. The van der Waals surface area contributed by atoms with Gasteiger partial charge in [-0.15, -0.1) is 0 Å². The zero-order chi connectivity index (χ0) is 21.3. The van der Waals surface area contributed by atoms with Crippen molar-refractivity contribution < 1.29 is 9.47 Å². The summed E-state index contributed by atoms with van der Waals surface area (Å²) in [5, 5.41) is 0. The van der Waals surface area contributed by atoms with Crippen LogP contribution >= 0.6 is 0 Å². The van der Waals surface area contributed by atoms with E-state index in [-0.39, 0.29) is 0 Å². The molecule has 2 heteroatoms. The fourth-order valence-corrected chi connectivity index (χ4v) is 4.82. The van der Waals surface area contributed by atoms with Crippen LogP contribution in [0.2, 0.25) is 0 Å². The largest absolute Gasteiger partial charge is 0.497 e. The van der Waals surface area contributed by atoms with Crippen molar-refractivity contribution in [2.24, 2.45) is 0 Å². The van der Waals surface area contributed by atoms with Crippen molar-refractivity contribution >= 4 is 0 Å². The minimum atomic E-state index is -0.406. The molecule has 0 spiro atoms. The molecule has 0 saturated carbocycles. The number of ether oxygens (including phenoxy) is 2. The standard InChI is InChI=1S/C29H24O2/c1-3-20-31-24-18-14-22(15-19-24)29(21-12-16-23(30-2)17-13-21)27-10-6-4-8-25(27)26-9-5-7-11-28(26)29/h3-19H,1,20H2,2H3. The minimum Gasteiger partial charge on any atom is -0.497 e. The van der Waals surface area contributed by atoms with Gasteiger partial charge < -0.3 is 9.47 Å². The van der Waals surface area contributed by atoms with E-state index in [1.165, 1.54) is 33.4 Å². The first-order chi connectivity index (χ1) is 15.3. The molecule has 1 aliphatic carbocycles. The van der Waals surface area contributed by atoms with Crippen LogP contribution in [-0.4, -0.2) is 13.7 Å². The average Bonchev–Trinajstić information content (AvgIpc) is 3.14. The molecule has 0 fully saturated rings. The molecule has 0 aromatic heterocycles. The van der Waals surface area contributed by atoms with Crippen LogP contribution in [-0.2, 0) is 5.41 Å². The third-order valence-corrected chi connectivity index (χ3v) is 6.13. The molecule has 5 rings (SSSR count). The quantitative estimate of drug-likeness (QED) is 0.296. The summed E-state index contributed by atoms with van der Waals surface area (Å²) in [5.41, 5.74) is 7.16. The lowest BCUT2D eigenvalue weighted by Gasteiger charge is -2.34. The fourth-order valence-electron chi connectivity index (χ4n) is 4.82. The third-order valence-electron chi connectivity index (χ3n) is 6.13. The summed E-state index contributed by atoms with van der Waals surface area (Å²) in [5.74, 6) is 1.69. The van der Waals surface area contributed by atoms with Gasteiger partial charge in [0, 0.05) is 0 Å². The van der Waals surface area contributed by atoms with Crippen molar-refractivity contribution in [3.05, 3.63) is 132 Å². The second-order valence-corrected chi connectivity index (χ2v) is 7.69. The highest BCUT2D eigenvalue weighted by atomic mass is 16.5. The van der Waals surface area contributed by atoms with Crippen LogP contribution in [0.25, 0.3) is 11.1 Å². The van der Waals surface area contributed by atoms with E-state index in [0.29, 0.717) is 6.61 Å². The summed E-state index contributed by atoms with van der Waals surface area (Å²) >= 11 is 0. The van der Waals surface area contributed by atoms with Crippen LogP contribution in [0.4, 0.5) is 0 Å². The maximum Gasteiger partial charge on any atom is 0.119 e. The van der Waals surface area contributed by atoms with E-state index in [9.17, 15) is 0 Å². The zero-order valence-corrected chi connectivity index (χ0v) is 17.5. The Kier molecular flexibility index (Phi) is 4.83. The fraction of sp³-hybridized carbons (Fsp3) is 0.103. The van der Waals surface area contributed by atoms with Gasteiger partial charge in [0.25, 0.3) is 0 Å². The average molecular weight is 405 g/mol. The van der Waals surface area contributed by atoms with E-state index in [1.807, 2.05) is 24.3 Å². The number of fused-ring (bicyclic) bond motifs is 3. The molecule has 1 aliphatic rings. The molecule has 0 N–H and O–H groups in total. The molecule has 2 nitrogen and oxygen atoms in total. The van der Waals surface area contributed by atoms with E-state index in [0.717, 1.165) is 11.5 Å². The maximum atomic E-state index is 5.75. The van der Waals surface area contributed by atoms with Gasteiger partial charge in [0.15, 0.2) is 0 Å². The molecule has 152 valence electrons. The minimum absolute atomic E-state index is 0.406. The Morgan fingerprint density at radius 3 is 1.65 bits per heavy atom. The highest BCUT2D eigenvalue weighted by Gasteiger charge is 2.45. The maximum absolute atomic E-state index is 5.75. The van der Waals surface area contributed by atoms with Gasteiger partial charge in [0.1, 0.15) is 18.1 Å². The summed E-state index contributed by atoms with van der Waals surface area (Å²) in [6.07, 6.45) is 1.76. The second-order valence-electron chi connectivity index (χ2n) is 7.69. The van der Waals surface area contributed by atoms with Crippen molar-refractivity contribution in [3.8, 4) is 22.6 Å². The highest BCUT2D eigenvalue weighted by molar-refractivity contribution is 5.86. The molecule has 4 aromatic rings. The van der Waals surface area contributed by atoms with Crippen LogP contribution in [0.1, 0.15) is 22.3 Å². The highest BCUT2D eigenvalue weighted by Crippen LogP contribution is 2.56. The van der Waals surface area contributed by atoms with Crippen molar-refractivity contribution in [2.75, 3.05) is 13.7 Å². The molecule has 0 heterocycles. The Balaban J connectivity index is 1.79. The molecule has 0 bridgehead atoms. The first kappa shape index (κ1) is 19.2. The van der Waals surface area contributed by atoms with E-state index < -0.39 is 5.41 Å². The van der Waals surface area contributed by atoms with Gasteiger partial charge in [-0.2, -0.15) is 0 Å². The van der Waals surface area contributed by atoms with Gasteiger partial charge in [-0.1, -0.05) is 85.5 Å². The number of benzene rings is 4. The Bertz CT molecular complexity index is 1170. The summed E-state index contributed by atoms with van der Waals surface area (Å²) in [4.78, 5) is 0. The van der Waals surface area contributed by atoms with Crippen LogP contribution < -0.4 is 9.47 Å². The van der Waals surface area contributed by atoms with Crippen molar-refractivity contribution in [3.63, 3.8) is 0 Å². The molecule has 31 heavy (non-hydrogen) atoms. The smallest absolute Gasteiger partial charge is 0.119 e. The predicted molar refractivity (Wildman–Crippen MR) is 126 cm³/mol. The van der Waals surface area contributed by atoms with E-state index in [1.54, 1.807) is 13.2 Å². The van der Waals surface area contributed by atoms with Gasteiger partial charge >= 0.3 is 0 Å². The van der Waals surface area contributed by atoms with Crippen molar-refractivity contribution in [1.29, 1.82) is 0 Å². The van der Waals surface area contributed by atoms with Crippen molar-refractivity contribution in [1.82, 2.24) is 0 Å². The normalized spacial score (nSPS) is 13.2. The summed E-state index contributed by atoms with van der Waals surface area (Å²) < 4.78 is 11.2. The molecule has 0 atom stereocenters. The monoisotopic (exact) mass is 404 g/mol. The molecule has 0 amide bonds. The second kappa shape index (κ2) is 7.81. The predicted octanol–water partition coefficient (Wildman–Crippen LogP) is 6.62. The molecule has 0 aliphatic heterocycles. The lowest BCUT2D eigenvalue weighted by atomic mass is 9.68. The summed E-state index contributed by atoms with van der Waals surface area (Å²) in [7, 11) is 1.70. The summed E-state index contributed by atoms with van der Waals surface area (Å²) in [6.45, 7) is 4.23. The topological polar surface area (TPSA) is 18.5 Å². The lowest BCUT2D eigenvalue weighted by Crippen LogP contribution is -2.28. The molecule has 4 aromatic carbocycles. The van der Waals surface area contributed by atoms with E-state index >= 15 is 0 Å². The summed E-state index contributed by atoms with van der Waals surface area (Å²) in [6, 6.07) is 34.4. The van der Waals surface area contributed by atoms with Gasteiger partial charge in [-0.05, 0) is 57.6 Å². The van der Waals surface area contributed by atoms with Crippen LogP contribution in [0, 0.1) is 0 Å². The lowest BCUT2D eigenvalue weighted by molar-refractivity contribution is 0.363. The Morgan fingerprint density at radius 2 is 1.16 bits per heavy atom. The Labute approximate surface area is 183 Å². The van der Waals surface area contributed by atoms with Crippen LogP contribution in [0.15, 0.2) is 110 Å². The van der Waals surface area contributed by atoms with Gasteiger partial charge in [-0.25, -0.2) is 0 Å². The number of rotatable bonds is 6. The SMILES string of the molecule is C=CCOc1ccc(C2(c3ccc(OC)cc3)c3ccccc3-c3ccccc32)cc1. The van der Waals surface area contributed by atoms with Crippen LogP contribution in [0.5, 0.6) is 11.5 Å². The van der Waals surface area contributed by atoms with Crippen LogP contribution in [0.3, 0.4) is 0 Å². The zero-order valence-electron chi connectivity index (χ0n) is 17.5. The molecule has 0 unspecified atom stereocenters. The molecule has 0 saturated heterocycles. The Morgan fingerprint density at radius 1 is 0.677 bits per heavy atom.